The largest absolute Gasteiger partial charge is 0.305 e. The van der Waals surface area contributed by atoms with Crippen LogP contribution in [-0.2, 0) is 0 Å². The maximum Gasteiger partial charge on any atom is 0.0217 e. The number of hydrogen-bond acceptors (Lipinski definition) is 3. The van der Waals surface area contributed by atoms with Crippen molar-refractivity contribution in [3.8, 4) is 0 Å². The van der Waals surface area contributed by atoms with Gasteiger partial charge in [-0.3, -0.25) is 0 Å². The van der Waals surface area contributed by atoms with Crippen LogP contribution in [0.25, 0.3) is 0 Å². The van der Waals surface area contributed by atoms with Crippen molar-refractivity contribution in [3.05, 3.63) is 0 Å². The van der Waals surface area contributed by atoms with Crippen LogP contribution in [-0.4, -0.2) is 55.3 Å². The molecule has 96 valence electrons. The van der Waals surface area contributed by atoms with Crippen molar-refractivity contribution in [1.82, 2.24) is 9.80 Å². The van der Waals surface area contributed by atoms with E-state index in [9.17, 15) is 0 Å². The van der Waals surface area contributed by atoms with E-state index in [1.54, 1.807) is 0 Å². The number of likely N-dealkylation sites (N-methyl/N-ethyl adjacent to an activating group) is 1. The molecule has 1 aliphatic heterocycles. The van der Waals surface area contributed by atoms with E-state index >= 15 is 0 Å². The SMILES string of the molecule is CC(C)C(CS)CN1CCCC(N(C)C)C1. The van der Waals surface area contributed by atoms with Crippen LogP contribution in [0.15, 0.2) is 0 Å². The Balaban J connectivity index is 2.41. The smallest absolute Gasteiger partial charge is 0.0217 e. The normalized spacial score (nSPS) is 25.3. The minimum absolute atomic E-state index is 0.740. The average Bonchev–Trinajstić information content (AvgIpc) is 2.25. The van der Waals surface area contributed by atoms with E-state index in [1.165, 1.54) is 32.5 Å². The monoisotopic (exact) mass is 244 g/mol. The molecule has 0 amide bonds. The summed E-state index contributed by atoms with van der Waals surface area (Å²) >= 11 is 4.48. The number of rotatable bonds is 5. The van der Waals surface area contributed by atoms with Gasteiger partial charge >= 0.3 is 0 Å². The number of nitrogens with zero attached hydrogens (tertiary/aromatic N) is 2. The van der Waals surface area contributed by atoms with E-state index in [1.807, 2.05) is 0 Å². The number of hydrogen-bond donors (Lipinski definition) is 1. The van der Waals surface area contributed by atoms with Gasteiger partial charge in [0.15, 0.2) is 0 Å². The van der Waals surface area contributed by atoms with Crippen LogP contribution < -0.4 is 0 Å². The maximum atomic E-state index is 4.48. The van der Waals surface area contributed by atoms with Crippen molar-refractivity contribution in [2.45, 2.75) is 32.7 Å². The zero-order valence-corrected chi connectivity index (χ0v) is 12.2. The minimum Gasteiger partial charge on any atom is -0.305 e. The first kappa shape index (κ1) is 14.3. The topological polar surface area (TPSA) is 6.48 Å². The molecule has 0 aliphatic carbocycles. The highest BCUT2D eigenvalue weighted by Crippen LogP contribution is 2.19. The van der Waals surface area contributed by atoms with Gasteiger partial charge < -0.3 is 9.80 Å². The molecule has 0 spiro atoms. The summed E-state index contributed by atoms with van der Waals surface area (Å²) in [4.78, 5) is 5.01. The van der Waals surface area contributed by atoms with Crippen LogP contribution in [0.2, 0.25) is 0 Å². The highest BCUT2D eigenvalue weighted by Gasteiger charge is 2.24. The van der Waals surface area contributed by atoms with Crippen molar-refractivity contribution in [2.75, 3.05) is 39.5 Å². The fourth-order valence-corrected chi connectivity index (χ4v) is 2.97. The van der Waals surface area contributed by atoms with Gasteiger partial charge in [-0.2, -0.15) is 12.6 Å². The standard InChI is InChI=1S/C13H28N2S/c1-11(2)12(10-16)8-15-7-5-6-13(9-15)14(3)4/h11-13,16H,5-10H2,1-4H3. The molecular weight excluding hydrogens is 216 g/mol. The number of thiol groups is 1. The first-order valence-electron chi connectivity index (χ1n) is 6.54. The second kappa shape index (κ2) is 6.87. The van der Waals surface area contributed by atoms with Crippen LogP contribution in [0.3, 0.4) is 0 Å². The van der Waals surface area contributed by atoms with Crippen LogP contribution >= 0.6 is 12.6 Å². The fourth-order valence-electron chi connectivity index (χ4n) is 2.43. The van der Waals surface area contributed by atoms with E-state index in [0.717, 1.165) is 23.6 Å². The molecule has 1 rings (SSSR count). The Kier molecular flexibility index (Phi) is 6.16. The summed E-state index contributed by atoms with van der Waals surface area (Å²) in [6, 6.07) is 0.751. The minimum atomic E-state index is 0.740. The molecule has 0 radical (unpaired) electrons. The van der Waals surface area contributed by atoms with Gasteiger partial charge in [0.05, 0.1) is 0 Å². The third-order valence-corrected chi connectivity index (χ3v) is 4.35. The van der Waals surface area contributed by atoms with Crippen LogP contribution in [0.1, 0.15) is 26.7 Å². The molecule has 3 heteroatoms. The Labute approximate surface area is 107 Å². The average molecular weight is 244 g/mol. The lowest BCUT2D eigenvalue weighted by Gasteiger charge is -2.38. The van der Waals surface area contributed by atoms with Gasteiger partial charge in [-0.25, -0.2) is 0 Å². The van der Waals surface area contributed by atoms with Crippen LogP contribution in [0.4, 0.5) is 0 Å². The zero-order valence-electron chi connectivity index (χ0n) is 11.3. The molecule has 0 aromatic heterocycles. The molecule has 2 atom stereocenters. The fraction of sp³-hybridized carbons (Fsp3) is 1.00. The van der Waals surface area contributed by atoms with E-state index in [-0.39, 0.29) is 0 Å². The van der Waals surface area contributed by atoms with E-state index in [0.29, 0.717) is 0 Å². The first-order chi connectivity index (χ1) is 7.54. The second-order valence-corrected chi connectivity index (χ2v) is 6.07. The summed E-state index contributed by atoms with van der Waals surface area (Å²) in [6.45, 7) is 8.37. The zero-order chi connectivity index (χ0) is 12.1. The van der Waals surface area contributed by atoms with Gasteiger partial charge in [0.2, 0.25) is 0 Å². The van der Waals surface area contributed by atoms with Crippen molar-refractivity contribution < 1.29 is 0 Å². The first-order valence-corrected chi connectivity index (χ1v) is 7.17. The van der Waals surface area contributed by atoms with Gasteiger partial charge in [0.25, 0.3) is 0 Å². The van der Waals surface area contributed by atoms with Crippen LogP contribution in [0.5, 0.6) is 0 Å². The lowest BCUT2D eigenvalue weighted by Crippen LogP contribution is -2.47. The molecule has 0 aromatic rings. The van der Waals surface area contributed by atoms with Crippen molar-refractivity contribution in [1.29, 1.82) is 0 Å². The molecule has 0 N–H and O–H groups in total. The predicted molar refractivity (Wildman–Crippen MR) is 75.3 cm³/mol. The Bertz CT molecular complexity index is 194. The van der Waals surface area contributed by atoms with E-state index < -0.39 is 0 Å². The second-order valence-electron chi connectivity index (χ2n) is 5.71. The van der Waals surface area contributed by atoms with Crippen molar-refractivity contribution in [3.63, 3.8) is 0 Å². The van der Waals surface area contributed by atoms with E-state index in [4.69, 9.17) is 0 Å². The highest BCUT2D eigenvalue weighted by molar-refractivity contribution is 7.80. The summed E-state index contributed by atoms with van der Waals surface area (Å²) < 4.78 is 0. The van der Waals surface area contributed by atoms with Gasteiger partial charge in [0, 0.05) is 19.1 Å². The molecular formula is C13H28N2S. The summed E-state index contributed by atoms with van der Waals surface area (Å²) in [6.07, 6.45) is 2.71. The Morgan fingerprint density at radius 3 is 2.56 bits per heavy atom. The number of piperidine rings is 1. The lowest BCUT2D eigenvalue weighted by molar-refractivity contribution is 0.113. The molecule has 1 saturated heterocycles. The third kappa shape index (κ3) is 4.27. The quantitative estimate of drug-likeness (QED) is 0.741. The van der Waals surface area contributed by atoms with Crippen LogP contribution in [0, 0.1) is 11.8 Å². The van der Waals surface area contributed by atoms with Gasteiger partial charge in [0.1, 0.15) is 0 Å². The molecule has 1 heterocycles. The summed E-state index contributed by atoms with van der Waals surface area (Å²) in [5.74, 6) is 2.50. The molecule has 1 fully saturated rings. The van der Waals surface area contributed by atoms with Crippen molar-refractivity contribution in [2.24, 2.45) is 11.8 Å². The summed E-state index contributed by atoms with van der Waals surface area (Å²) in [5.41, 5.74) is 0. The van der Waals surface area contributed by atoms with Gasteiger partial charge in [-0.15, -0.1) is 0 Å². The Morgan fingerprint density at radius 1 is 1.38 bits per heavy atom. The maximum absolute atomic E-state index is 4.48. The lowest BCUT2D eigenvalue weighted by atomic mass is 9.95. The molecule has 2 nitrogen and oxygen atoms in total. The summed E-state index contributed by atoms with van der Waals surface area (Å²) in [7, 11) is 4.40. The van der Waals surface area contributed by atoms with E-state index in [2.05, 4.69) is 50.4 Å². The molecule has 0 saturated carbocycles. The van der Waals surface area contributed by atoms with Crippen molar-refractivity contribution >= 4 is 12.6 Å². The predicted octanol–water partition coefficient (Wildman–Crippen LogP) is 2.21. The Morgan fingerprint density at radius 2 is 2.06 bits per heavy atom. The molecule has 0 aromatic carbocycles. The molecule has 1 aliphatic rings. The third-order valence-electron chi connectivity index (χ3n) is 3.88. The summed E-state index contributed by atoms with van der Waals surface area (Å²) in [5, 5.41) is 0. The molecule has 16 heavy (non-hydrogen) atoms. The number of likely N-dealkylation sites (tertiary alicyclic amines) is 1. The highest BCUT2D eigenvalue weighted by atomic mass is 32.1. The van der Waals surface area contributed by atoms with Gasteiger partial charge in [-0.05, 0) is 51.1 Å². The Hall–Kier alpha value is 0.270. The molecule has 0 bridgehead atoms. The van der Waals surface area contributed by atoms with Gasteiger partial charge in [-0.1, -0.05) is 13.8 Å². The molecule has 2 unspecified atom stereocenters.